The van der Waals surface area contributed by atoms with Gasteiger partial charge in [0.2, 0.25) is 0 Å². The molecule has 0 spiro atoms. The Bertz CT molecular complexity index is 425. The third-order valence-electron chi connectivity index (χ3n) is 4.01. The molecule has 0 saturated carbocycles. The van der Waals surface area contributed by atoms with E-state index in [0.29, 0.717) is 12.0 Å². The fourth-order valence-corrected chi connectivity index (χ4v) is 2.97. The molecule has 122 valence electrons. The van der Waals surface area contributed by atoms with Crippen molar-refractivity contribution >= 4 is 36.4 Å². The molecule has 1 aromatic carbocycles. The first-order chi connectivity index (χ1) is 9.13. The molecule has 1 unspecified atom stereocenters. The third kappa shape index (κ3) is 5.26. The lowest BCUT2D eigenvalue weighted by Crippen LogP contribution is -2.46. The molecule has 0 radical (unpaired) electrons. The maximum absolute atomic E-state index is 13.3. The van der Waals surface area contributed by atoms with Gasteiger partial charge in [-0.2, -0.15) is 0 Å². The largest absolute Gasteiger partial charge is 0.314 e. The molecule has 0 aliphatic carbocycles. The van der Waals surface area contributed by atoms with Gasteiger partial charge in [0, 0.05) is 32.2 Å². The van der Waals surface area contributed by atoms with Crippen molar-refractivity contribution in [3.8, 4) is 0 Å². The van der Waals surface area contributed by atoms with E-state index in [0.717, 1.165) is 38.2 Å². The Labute approximate surface area is 144 Å². The molecule has 1 saturated heterocycles. The summed E-state index contributed by atoms with van der Waals surface area (Å²) < 4.78 is 13.3. The first-order valence-corrected chi connectivity index (χ1v) is 7.41. The SMILES string of the molecule is CCC(C)[C@H](c1ccc(F)c(Cl)c1)N1CCNCC1.Cl.Cl. The number of nitrogens with one attached hydrogen (secondary N) is 1. The van der Waals surface area contributed by atoms with Gasteiger partial charge in [-0.05, 0) is 23.6 Å². The van der Waals surface area contributed by atoms with Gasteiger partial charge >= 0.3 is 0 Å². The predicted molar refractivity (Wildman–Crippen MR) is 92.5 cm³/mol. The highest BCUT2D eigenvalue weighted by Gasteiger charge is 2.26. The van der Waals surface area contributed by atoms with E-state index in [1.165, 1.54) is 6.07 Å². The highest BCUT2D eigenvalue weighted by atomic mass is 35.5. The Hall–Kier alpha value is -0.0600. The highest BCUT2D eigenvalue weighted by Crippen LogP contribution is 2.32. The molecule has 1 N–H and O–H groups in total. The number of benzene rings is 1. The lowest BCUT2D eigenvalue weighted by molar-refractivity contribution is 0.128. The van der Waals surface area contributed by atoms with Crippen LogP contribution in [-0.2, 0) is 0 Å². The molecule has 1 aliphatic rings. The van der Waals surface area contributed by atoms with Crippen LogP contribution in [0.5, 0.6) is 0 Å². The molecule has 0 amide bonds. The van der Waals surface area contributed by atoms with Gasteiger partial charge in [0.25, 0.3) is 0 Å². The number of piperazine rings is 1. The summed E-state index contributed by atoms with van der Waals surface area (Å²) in [5, 5.41) is 3.59. The zero-order chi connectivity index (χ0) is 13.8. The molecule has 1 fully saturated rings. The molecule has 2 atom stereocenters. The summed E-state index contributed by atoms with van der Waals surface area (Å²) in [6, 6.07) is 5.47. The molecule has 1 heterocycles. The van der Waals surface area contributed by atoms with Crippen LogP contribution in [0, 0.1) is 11.7 Å². The second kappa shape index (κ2) is 9.86. The molecule has 1 aliphatic heterocycles. The van der Waals surface area contributed by atoms with Crippen LogP contribution in [0.4, 0.5) is 4.39 Å². The van der Waals surface area contributed by atoms with Crippen molar-refractivity contribution in [2.75, 3.05) is 26.2 Å². The summed E-state index contributed by atoms with van der Waals surface area (Å²) in [6.45, 7) is 8.55. The van der Waals surface area contributed by atoms with Gasteiger partial charge in [-0.3, -0.25) is 4.90 Å². The van der Waals surface area contributed by atoms with Gasteiger partial charge in [0.1, 0.15) is 5.82 Å². The molecule has 1 aromatic rings. The highest BCUT2D eigenvalue weighted by molar-refractivity contribution is 6.30. The molecular formula is C15H24Cl3FN2. The van der Waals surface area contributed by atoms with Crippen molar-refractivity contribution in [3.05, 3.63) is 34.6 Å². The minimum atomic E-state index is -0.339. The van der Waals surface area contributed by atoms with Gasteiger partial charge in [-0.25, -0.2) is 4.39 Å². The van der Waals surface area contributed by atoms with E-state index in [-0.39, 0.29) is 35.7 Å². The Balaban J connectivity index is 0.00000200. The minimum absolute atomic E-state index is 0. The molecule has 2 nitrogen and oxygen atoms in total. The smallest absolute Gasteiger partial charge is 0.141 e. The third-order valence-corrected chi connectivity index (χ3v) is 4.30. The van der Waals surface area contributed by atoms with Crippen LogP contribution in [0.25, 0.3) is 0 Å². The first-order valence-electron chi connectivity index (χ1n) is 7.03. The van der Waals surface area contributed by atoms with Crippen LogP contribution in [0.2, 0.25) is 5.02 Å². The van der Waals surface area contributed by atoms with E-state index in [2.05, 4.69) is 24.1 Å². The number of hydrogen-bond acceptors (Lipinski definition) is 2. The number of rotatable bonds is 4. The summed E-state index contributed by atoms with van der Waals surface area (Å²) in [5.41, 5.74) is 1.13. The molecule has 2 rings (SSSR count). The van der Waals surface area contributed by atoms with Gasteiger partial charge in [0.15, 0.2) is 0 Å². The van der Waals surface area contributed by atoms with E-state index in [1.54, 1.807) is 6.07 Å². The summed E-state index contributed by atoms with van der Waals surface area (Å²) in [4.78, 5) is 2.48. The fraction of sp³-hybridized carbons (Fsp3) is 0.600. The second-order valence-electron chi connectivity index (χ2n) is 5.29. The van der Waals surface area contributed by atoms with E-state index in [4.69, 9.17) is 11.6 Å². The number of hydrogen-bond donors (Lipinski definition) is 1. The molecular weight excluding hydrogens is 334 g/mol. The Morgan fingerprint density at radius 1 is 1.29 bits per heavy atom. The maximum Gasteiger partial charge on any atom is 0.141 e. The van der Waals surface area contributed by atoms with E-state index >= 15 is 0 Å². The zero-order valence-corrected chi connectivity index (χ0v) is 14.8. The van der Waals surface area contributed by atoms with E-state index in [9.17, 15) is 4.39 Å². The van der Waals surface area contributed by atoms with Crippen LogP contribution in [-0.4, -0.2) is 31.1 Å². The standard InChI is InChI=1S/C15H22ClFN2.2ClH/c1-3-11(2)15(19-8-6-18-7-9-19)12-4-5-14(17)13(16)10-12;;/h4-5,10-11,15,18H,3,6-9H2,1-2H3;2*1H/t11?,15-;;/m1../s1. The maximum atomic E-state index is 13.3. The van der Waals surface area contributed by atoms with Crippen LogP contribution < -0.4 is 5.32 Å². The van der Waals surface area contributed by atoms with E-state index < -0.39 is 0 Å². The monoisotopic (exact) mass is 356 g/mol. The fourth-order valence-electron chi connectivity index (χ4n) is 2.78. The Morgan fingerprint density at radius 2 is 1.90 bits per heavy atom. The van der Waals surface area contributed by atoms with Crippen LogP contribution in [0.3, 0.4) is 0 Å². The first kappa shape index (κ1) is 20.9. The van der Waals surface area contributed by atoms with Crippen molar-refractivity contribution < 1.29 is 4.39 Å². The van der Waals surface area contributed by atoms with Crippen molar-refractivity contribution in [3.63, 3.8) is 0 Å². The molecule has 6 heteroatoms. The quantitative estimate of drug-likeness (QED) is 0.863. The van der Waals surface area contributed by atoms with Gasteiger partial charge in [0.05, 0.1) is 5.02 Å². The molecule has 21 heavy (non-hydrogen) atoms. The topological polar surface area (TPSA) is 15.3 Å². The zero-order valence-electron chi connectivity index (χ0n) is 12.4. The lowest BCUT2D eigenvalue weighted by atomic mass is 9.90. The Morgan fingerprint density at radius 3 is 2.43 bits per heavy atom. The van der Waals surface area contributed by atoms with Crippen LogP contribution >= 0.6 is 36.4 Å². The molecule has 0 bridgehead atoms. The summed E-state index contributed by atoms with van der Waals surface area (Å²) in [5.74, 6) is 0.188. The number of nitrogens with zero attached hydrogens (tertiary/aromatic N) is 1. The van der Waals surface area contributed by atoms with Crippen LogP contribution in [0.15, 0.2) is 18.2 Å². The normalized spacial score (nSPS) is 18.3. The van der Waals surface area contributed by atoms with Gasteiger partial charge in [-0.1, -0.05) is 37.9 Å². The predicted octanol–water partition coefficient (Wildman–Crippen LogP) is 4.32. The van der Waals surface area contributed by atoms with Crippen molar-refractivity contribution in [2.45, 2.75) is 26.3 Å². The van der Waals surface area contributed by atoms with Crippen molar-refractivity contribution in [2.24, 2.45) is 5.92 Å². The Kier molecular flexibility index (Phi) is 9.83. The lowest BCUT2D eigenvalue weighted by Gasteiger charge is -2.38. The molecule has 0 aromatic heterocycles. The average Bonchev–Trinajstić information content (AvgIpc) is 2.44. The number of halogens is 4. The van der Waals surface area contributed by atoms with Gasteiger partial charge < -0.3 is 5.32 Å². The van der Waals surface area contributed by atoms with Crippen molar-refractivity contribution in [1.29, 1.82) is 0 Å². The summed E-state index contributed by atoms with van der Waals surface area (Å²) in [6.07, 6.45) is 1.10. The average molecular weight is 358 g/mol. The van der Waals surface area contributed by atoms with Gasteiger partial charge in [-0.15, -0.1) is 24.8 Å². The summed E-state index contributed by atoms with van der Waals surface area (Å²) >= 11 is 5.94. The van der Waals surface area contributed by atoms with Crippen molar-refractivity contribution in [1.82, 2.24) is 10.2 Å². The minimum Gasteiger partial charge on any atom is -0.314 e. The van der Waals surface area contributed by atoms with Crippen LogP contribution in [0.1, 0.15) is 31.9 Å². The summed E-state index contributed by atoms with van der Waals surface area (Å²) in [7, 11) is 0. The second-order valence-corrected chi connectivity index (χ2v) is 5.70. The van der Waals surface area contributed by atoms with E-state index in [1.807, 2.05) is 6.07 Å².